The van der Waals surface area contributed by atoms with E-state index >= 15 is 0 Å². The molecule has 0 N–H and O–H groups in total. The van der Waals surface area contributed by atoms with E-state index in [0.717, 1.165) is 11.1 Å². The molecule has 6 rings (SSSR count). The number of nitrogens with zero attached hydrogens (tertiary/aromatic N) is 3. The molecular weight excluding hydrogens is 642 g/mol. The Labute approximate surface area is 293 Å². The molecule has 0 atom stereocenters. The molecule has 9 heteroatoms. The van der Waals surface area contributed by atoms with Crippen LogP contribution in [0.15, 0.2) is 140 Å². The highest BCUT2D eigenvalue weighted by Gasteiger charge is 2.13. The van der Waals surface area contributed by atoms with Gasteiger partial charge in [-0.1, -0.05) is 91.0 Å². The highest BCUT2D eigenvalue weighted by atomic mass is 16.5. The van der Waals surface area contributed by atoms with Gasteiger partial charge in [0.2, 0.25) is 0 Å². The van der Waals surface area contributed by atoms with Crippen molar-refractivity contribution in [2.24, 2.45) is 0 Å². The van der Waals surface area contributed by atoms with E-state index in [9.17, 15) is 14.4 Å². The van der Waals surface area contributed by atoms with Gasteiger partial charge in [-0.3, -0.25) is 24.4 Å². The van der Waals surface area contributed by atoms with Crippen LogP contribution in [0.2, 0.25) is 0 Å². The van der Waals surface area contributed by atoms with Crippen LogP contribution in [0.25, 0.3) is 58.3 Å². The van der Waals surface area contributed by atoms with Gasteiger partial charge in [-0.05, 0) is 71.3 Å². The third-order valence-corrected chi connectivity index (χ3v) is 7.53. The summed E-state index contributed by atoms with van der Waals surface area (Å²) in [6.45, 7) is 1.16. The first kappa shape index (κ1) is 33.6. The van der Waals surface area contributed by atoms with Crippen molar-refractivity contribution >= 4 is 54.9 Å². The summed E-state index contributed by atoms with van der Waals surface area (Å²) in [5.74, 6) is 1.07. The maximum Gasteiger partial charge on any atom is 0.298 e. The molecule has 0 fully saturated rings. The lowest BCUT2D eigenvalue weighted by molar-refractivity contribution is -0.123. The van der Waals surface area contributed by atoms with E-state index in [1.54, 1.807) is 42.8 Å². The molecule has 0 bridgehead atoms. The minimum Gasteiger partial charge on any atom is -0.428 e. The predicted molar refractivity (Wildman–Crippen MR) is 195 cm³/mol. The lowest BCUT2D eigenvalue weighted by Crippen LogP contribution is -1.96. The molecule has 0 spiro atoms. The number of carbonyl (C=O) groups is 3. The Bertz CT molecular complexity index is 2110. The molecule has 51 heavy (non-hydrogen) atoms. The van der Waals surface area contributed by atoms with E-state index in [1.807, 2.05) is 115 Å². The van der Waals surface area contributed by atoms with Crippen LogP contribution in [-0.2, 0) is 28.6 Å². The van der Waals surface area contributed by atoms with Crippen molar-refractivity contribution in [3.63, 3.8) is 0 Å². The van der Waals surface area contributed by atoms with E-state index in [1.165, 1.54) is 0 Å². The molecule has 0 saturated heterocycles. The Morgan fingerprint density at radius 2 is 0.745 bits per heavy atom. The zero-order chi connectivity index (χ0) is 35.3. The summed E-state index contributed by atoms with van der Waals surface area (Å²) in [6.07, 6.45) is 8.51. The lowest BCUT2D eigenvalue weighted by atomic mass is 10.0. The smallest absolute Gasteiger partial charge is 0.298 e. The first-order valence-electron chi connectivity index (χ1n) is 15.7. The third kappa shape index (κ3) is 8.81. The van der Waals surface area contributed by atoms with E-state index in [0.29, 0.717) is 81.7 Å². The second kappa shape index (κ2) is 16.7. The van der Waals surface area contributed by atoms with E-state index in [-0.39, 0.29) is 0 Å². The standard InChI is InChI=1S/C42H29N3O6/c46-27-49-40(33-10-4-1-5-11-33)24-30-16-18-43-36(20-30)38-22-32(26-42(51-29-48)35-14-8-3-9-15-35)23-39(45-38)37-21-31(17-19-44-37)25-41(50-28-47)34-12-6-2-7-13-34/h1-29H/b40-24+,41-25+,42-26+. The summed E-state index contributed by atoms with van der Waals surface area (Å²) < 4.78 is 16.0. The number of aromatic nitrogens is 3. The fourth-order valence-corrected chi connectivity index (χ4v) is 5.22. The number of ether oxygens (including phenoxy) is 3. The molecule has 3 aromatic heterocycles. The molecule has 0 unspecified atom stereocenters. The number of rotatable bonds is 14. The minimum atomic E-state index is 0.333. The van der Waals surface area contributed by atoms with Crippen LogP contribution < -0.4 is 0 Å². The maximum atomic E-state index is 11.5. The lowest BCUT2D eigenvalue weighted by Gasteiger charge is -2.11. The Kier molecular flexibility index (Phi) is 11.0. The SMILES string of the molecule is O=CO/C(=C/c1ccnc(-c2cc(/C=C(/OC=O)c3ccccc3)cc(-c3cc(/C=C(/OC=O)c4ccccc4)ccn3)n2)c1)c1ccccc1. The molecular formula is C42H29N3O6. The Morgan fingerprint density at radius 1 is 0.412 bits per heavy atom. The molecule has 9 nitrogen and oxygen atoms in total. The van der Waals surface area contributed by atoms with Gasteiger partial charge in [0, 0.05) is 29.1 Å². The maximum absolute atomic E-state index is 11.5. The van der Waals surface area contributed by atoms with E-state index < -0.39 is 0 Å². The van der Waals surface area contributed by atoms with Crippen molar-refractivity contribution in [1.82, 2.24) is 15.0 Å². The molecule has 3 heterocycles. The molecule has 0 amide bonds. The number of pyridine rings is 3. The normalized spacial score (nSPS) is 11.7. The third-order valence-electron chi connectivity index (χ3n) is 7.53. The highest BCUT2D eigenvalue weighted by molar-refractivity contribution is 5.85. The minimum absolute atomic E-state index is 0.333. The van der Waals surface area contributed by atoms with Crippen LogP contribution in [-0.4, -0.2) is 34.4 Å². The average molecular weight is 672 g/mol. The summed E-state index contributed by atoms with van der Waals surface area (Å²) in [4.78, 5) is 48.4. The van der Waals surface area contributed by atoms with Crippen molar-refractivity contribution in [3.8, 4) is 22.8 Å². The molecule has 248 valence electrons. The summed E-state index contributed by atoms with van der Waals surface area (Å²) >= 11 is 0. The monoisotopic (exact) mass is 671 g/mol. The van der Waals surface area contributed by atoms with Crippen LogP contribution in [0.3, 0.4) is 0 Å². The summed E-state index contributed by atoms with van der Waals surface area (Å²) in [6, 6.07) is 38.7. The number of carbonyl (C=O) groups excluding carboxylic acids is 3. The van der Waals surface area contributed by atoms with Gasteiger partial charge >= 0.3 is 0 Å². The van der Waals surface area contributed by atoms with Crippen molar-refractivity contribution < 1.29 is 28.6 Å². The van der Waals surface area contributed by atoms with Crippen LogP contribution in [0, 0.1) is 0 Å². The second-order valence-electron chi connectivity index (χ2n) is 10.9. The van der Waals surface area contributed by atoms with Crippen molar-refractivity contribution in [3.05, 3.63) is 173 Å². The van der Waals surface area contributed by atoms with Crippen molar-refractivity contribution in [2.75, 3.05) is 0 Å². The molecule has 6 aromatic rings. The molecule has 0 aliphatic rings. The topological polar surface area (TPSA) is 118 Å². The number of hydrogen-bond acceptors (Lipinski definition) is 9. The summed E-state index contributed by atoms with van der Waals surface area (Å²) in [5.41, 5.74) is 6.31. The summed E-state index contributed by atoms with van der Waals surface area (Å²) in [7, 11) is 0. The fraction of sp³-hybridized carbons (Fsp3) is 0. The van der Waals surface area contributed by atoms with Crippen LogP contribution in [0.4, 0.5) is 0 Å². The van der Waals surface area contributed by atoms with Crippen LogP contribution >= 0.6 is 0 Å². The second-order valence-corrected chi connectivity index (χ2v) is 10.9. The van der Waals surface area contributed by atoms with Gasteiger partial charge in [-0.2, -0.15) is 0 Å². The highest BCUT2D eigenvalue weighted by Crippen LogP contribution is 2.29. The fourth-order valence-electron chi connectivity index (χ4n) is 5.22. The summed E-state index contributed by atoms with van der Waals surface area (Å²) in [5, 5.41) is 0. The van der Waals surface area contributed by atoms with Gasteiger partial charge in [-0.25, -0.2) is 4.98 Å². The first-order chi connectivity index (χ1) is 25.1. The average Bonchev–Trinajstić information content (AvgIpc) is 3.18. The predicted octanol–water partition coefficient (Wildman–Crippen LogP) is 8.22. The van der Waals surface area contributed by atoms with Gasteiger partial charge in [0.15, 0.2) is 0 Å². The van der Waals surface area contributed by atoms with Crippen LogP contribution in [0.1, 0.15) is 33.4 Å². The first-order valence-corrected chi connectivity index (χ1v) is 15.7. The number of hydrogen-bond donors (Lipinski definition) is 0. The van der Waals surface area contributed by atoms with Crippen molar-refractivity contribution in [2.45, 2.75) is 0 Å². The van der Waals surface area contributed by atoms with Crippen molar-refractivity contribution in [1.29, 1.82) is 0 Å². The Morgan fingerprint density at radius 3 is 1.10 bits per heavy atom. The molecule has 0 aliphatic heterocycles. The van der Waals surface area contributed by atoms with Gasteiger partial charge in [0.1, 0.15) is 17.3 Å². The zero-order valence-corrected chi connectivity index (χ0v) is 27.0. The molecule has 0 saturated carbocycles. The molecule has 0 radical (unpaired) electrons. The largest absolute Gasteiger partial charge is 0.428 e. The zero-order valence-electron chi connectivity index (χ0n) is 27.0. The quantitative estimate of drug-likeness (QED) is 0.0641. The Hall–Kier alpha value is -7.26. The number of benzene rings is 3. The molecule has 3 aromatic carbocycles. The van der Waals surface area contributed by atoms with Gasteiger partial charge in [0.05, 0.1) is 22.8 Å². The van der Waals surface area contributed by atoms with Crippen LogP contribution in [0.5, 0.6) is 0 Å². The van der Waals surface area contributed by atoms with E-state index in [4.69, 9.17) is 19.2 Å². The molecule has 0 aliphatic carbocycles. The van der Waals surface area contributed by atoms with Gasteiger partial charge in [0.25, 0.3) is 19.4 Å². The van der Waals surface area contributed by atoms with Gasteiger partial charge < -0.3 is 14.2 Å². The van der Waals surface area contributed by atoms with Gasteiger partial charge in [-0.15, -0.1) is 0 Å². The van der Waals surface area contributed by atoms with E-state index in [2.05, 4.69) is 9.97 Å². The Balaban J connectivity index is 1.47.